The Morgan fingerprint density at radius 2 is 2.00 bits per heavy atom. The molecule has 0 bridgehead atoms. The average molecular weight is 208 g/mol. The first-order valence-corrected chi connectivity index (χ1v) is 6.67. The molecule has 86 valence electrons. The van der Waals surface area contributed by atoms with Crippen LogP contribution < -0.4 is 0 Å². The van der Waals surface area contributed by atoms with E-state index in [1.165, 1.54) is 44.9 Å². The molecule has 1 heterocycles. The molecule has 1 saturated carbocycles. The molecule has 2 nitrogen and oxygen atoms in total. The molecule has 15 heavy (non-hydrogen) atoms. The number of hydrogen-bond donors (Lipinski definition) is 1. The van der Waals surface area contributed by atoms with E-state index in [1.807, 2.05) is 0 Å². The van der Waals surface area contributed by atoms with Crippen LogP contribution in [0.1, 0.15) is 58.3 Å². The molecule has 2 aliphatic rings. The van der Waals surface area contributed by atoms with Gasteiger partial charge in [-0.25, -0.2) is 0 Å². The van der Waals surface area contributed by atoms with Crippen LogP contribution in [-0.2, 0) is 0 Å². The summed E-state index contributed by atoms with van der Waals surface area (Å²) in [7, 11) is 0. The standard InChI is InChI=1S/C13H24N2/c1-2-12(11-7-4-3-5-8-11)15-10-6-9-13(15)14/h11-12,14H,2-10H2,1H3. The van der Waals surface area contributed by atoms with Crippen molar-refractivity contribution in [1.82, 2.24) is 4.90 Å². The number of hydrogen-bond acceptors (Lipinski definition) is 1. The highest BCUT2D eigenvalue weighted by molar-refractivity contribution is 5.81. The highest BCUT2D eigenvalue weighted by Crippen LogP contribution is 2.32. The summed E-state index contributed by atoms with van der Waals surface area (Å²) < 4.78 is 0. The second-order valence-electron chi connectivity index (χ2n) is 5.12. The van der Waals surface area contributed by atoms with Crippen molar-refractivity contribution in [2.45, 2.75) is 64.3 Å². The van der Waals surface area contributed by atoms with E-state index in [9.17, 15) is 0 Å². The summed E-state index contributed by atoms with van der Waals surface area (Å²) in [4.78, 5) is 2.40. The molecule has 1 atom stereocenters. The lowest BCUT2D eigenvalue weighted by Gasteiger charge is -2.37. The van der Waals surface area contributed by atoms with Crippen molar-refractivity contribution in [3.63, 3.8) is 0 Å². The van der Waals surface area contributed by atoms with Gasteiger partial charge in [0.2, 0.25) is 0 Å². The van der Waals surface area contributed by atoms with Gasteiger partial charge in [-0.15, -0.1) is 0 Å². The molecule has 0 aromatic rings. The zero-order chi connectivity index (χ0) is 10.7. The predicted molar refractivity (Wildman–Crippen MR) is 64.3 cm³/mol. The van der Waals surface area contributed by atoms with Gasteiger partial charge in [-0.3, -0.25) is 5.41 Å². The molecule has 1 N–H and O–H groups in total. The Hall–Kier alpha value is -0.530. The maximum absolute atomic E-state index is 7.98. The van der Waals surface area contributed by atoms with Crippen LogP contribution in [0, 0.1) is 11.3 Å². The summed E-state index contributed by atoms with van der Waals surface area (Å²) in [6.07, 6.45) is 10.5. The predicted octanol–water partition coefficient (Wildman–Crippen LogP) is 3.42. The molecular formula is C13H24N2. The van der Waals surface area contributed by atoms with Gasteiger partial charge in [0.25, 0.3) is 0 Å². The zero-order valence-electron chi connectivity index (χ0n) is 9.97. The summed E-state index contributed by atoms with van der Waals surface area (Å²) in [6.45, 7) is 3.44. The first-order chi connectivity index (χ1) is 7.33. The first-order valence-electron chi connectivity index (χ1n) is 6.67. The number of nitrogens with one attached hydrogen (secondary N) is 1. The highest BCUT2D eigenvalue weighted by atomic mass is 15.2. The minimum Gasteiger partial charge on any atom is -0.357 e. The number of likely N-dealkylation sites (tertiary alicyclic amines) is 1. The number of nitrogens with zero attached hydrogens (tertiary/aromatic N) is 1. The van der Waals surface area contributed by atoms with E-state index in [4.69, 9.17) is 5.41 Å². The van der Waals surface area contributed by atoms with Crippen LogP contribution in [0.15, 0.2) is 0 Å². The normalized spacial score (nSPS) is 25.9. The van der Waals surface area contributed by atoms with Crippen LogP contribution in [0.25, 0.3) is 0 Å². The van der Waals surface area contributed by atoms with Crippen LogP contribution in [-0.4, -0.2) is 23.3 Å². The highest BCUT2D eigenvalue weighted by Gasteiger charge is 2.30. The Balaban J connectivity index is 1.98. The lowest BCUT2D eigenvalue weighted by Crippen LogP contribution is -2.41. The van der Waals surface area contributed by atoms with Crippen LogP contribution in [0.3, 0.4) is 0 Å². The average Bonchev–Trinajstić information content (AvgIpc) is 2.68. The Morgan fingerprint density at radius 1 is 1.27 bits per heavy atom. The molecule has 0 amide bonds. The first kappa shape index (κ1) is 11.0. The van der Waals surface area contributed by atoms with Gasteiger partial charge in [-0.05, 0) is 31.6 Å². The fourth-order valence-corrected chi connectivity index (χ4v) is 3.39. The molecule has 2 fully saturated rings. The second kappa shape index (κ2) is 5.00. The molecule has 2 rings (SSSR count). The van der Waals surface area contributed by atoms with Gasteiger partial charge in [0.05, 0.1) is 5.84 Å². The van der Waals surface area contributed by atoms with Gasteiger partial charge >= 0.3 is 0 Å². The summed E-state index contributed by atoms with van der Waals surface area (Å²) in [5.41, 5.74) is 0. The van der Waals surface area contributed by atoms with E-state index >= 15 is 0 Å². The number of rotatable bonds is 3. The summed E-state index contributed by atoms with van der Waals surface area (Å²) >= 11 is 0. The van der Waals surface area contributed by atoms with Gasteiger partial charge in [-0.1, -0.05) is 26.2 Å². The molecular weight excluding hydrogens is 184 g/mol. The van der Waals surface area contributed by atoms with Gasteiger partial charge < -0.3 is 4.90 Å². The summed E-state index contributed by atoms with van der Waals surface area (Å²) in [6, 6.07) is 0.681. The molecule has 2 heteroatoms. The van der Waals surface area contributed by atoms with Crippen LogP contribution in [0.5, 0.6) is 0 Å². The van der Waals surface area contributed by atoms with E-state index in [0.717, 1.165) is 24.7 Å². The summed E-state index contributed by atoms with van der Waals surface area (Å²) in [5, 5.41) is 7.98. The van der Waals surface area contributed by atoms with Gasteiger partial charge in [0.1, 0.15) is 0 Å². The fraction of sp³-hybridized carbons (Fsp3) is 0.923. The Labute approximate surface area is 93.6 Å². The van der Waals surface area contributed by atoms with Crippen molar-refractivity contribution < 1.29 is 0 Å². The minimum absolute atomic E-state index is 0.681. The van der Waals surface area contributed by atoms with Crippen molar-refractivity contribution in [3.8, 4) is 0 Å². The van der Waals surface area contributed by atoms with Crippen molar-refractivity contribution >= 4 is 5.84 Å². The topological polar surface area (TPSA) is 27.1 Å². The van der Waals surface area contributed by atoms with Gasteiger partial charge in [-0.2, -0.15) is 0 Å². The smallest absolute Gasteiger partial charge is 0.0960 e. The van der Waals surface area contributed by atoms with E-state index in [2.05, 4.69) is 11.8 Å². The third-order valence-corrected chi connectivity index (χ3v) is 4.17. The van der Waals surface area contributed by atoms with E-state index < -0.39 is 0 Å². The van der Waals surface area contributed by atoms with Crippen molar-refractivity contribution in [2.75, 3.05) is 6.54 Å². The van der Waals surface area contributed by atoms with Crippen LogP contribution in [0.4, 0.5) is 0 Å². The quantitative estimate of drug-likeness (QED) is 0.756. The molecule has 0 spiro atoms. The lowest BCUT2D eigenvalue weighted by molar-refractivity contribution is 0.186. The monoisotopic (exact) mass is 208 g/mol. The van der Waals surface area contributed by atoms with E-state index in [-0.39, 0.29) is 0 Å². The SMILES string of the molecule is CCC(C1CCCCC1)N1CCCC1=N. The molecule has 1 unspecified atom stereocenters. The Morgan fingerprint density at radius 3 is 2.53 bits per heavy atom. The Kier molecular flexibility index (Phi) is 3.66. The molecule has 0 radical (unpaired) electrons. The van der Waals surface area contributed by atoms with Crippen molar-refractivity contribution in [1.29, 1.82) is 5.41 Å². The Bertz CT molecular complexity index is 219. The maximum Gasteiger partial charge on any atom is 0.0960 e. The van der Waals surface area contributed by atoms with Crippen LogP contribution in [0.2, 0.25) is 0 Å². The third-order valence-electron chi connectivity index (χ3n) is 4.17. The molecule has 0 aromatic carbocycles. The van der Waals surface area contributed by atoms with Crippen LogP contribution >= 0.6 is 0 Å². The second-order valence-corrected chi connectivity index (χ2v) is 5.12. The number of amidine groups is 1. The molecule has 0 aromatic heterocycles. The molecule has 1 aliphatic carbocycles. The fourth-order valence-electron chi connectivity index (χ4n) is 3.39. The van der Waals surface area contributed by atoms with E-state index in [0.29, 0.717) is 6.04 Å². The largest absolute Gasteiger partial charge is 0.357 e. The van der Waals surface area contributed by atoms with Gasteiger partial charge in [0, 0.05) is 19.0 Å². The third kappa shape index (κ3) is 2.35. The summed E-state index contributed by atoms with van der Waals surface area (Å²) in [5.74, 6) is 1.79. The zero-order valence-corrected chi connectivity index (χ0v) is 9.97. The van der Waals surface area contributed by atoms with E-state index in [1.54, 1.807) is 0 Å². The van der Waals surface area contributed by atoms with Crippen molar-refractivity contribution in [3.05, 3.63) is 0 Å². The lowest BCUT2D eigenvalue weighted by atomic mass is 9.82. The minimum atomic E-state index is 0.681. The molecule has 1 saturated heterocycles. The molecule has 1 aliphatic heterocycles. The maximum atomic E-state index is 7.98. The van der Waals surface area contributed by atoms with Gasteiger partial charge in [0.15, 0.2) is 0 Å². The van der Waals surface area contributed by atoms with Crippen molar-refractivity contribution in [2.24, 2.45) is 5.92 Å².